The first-order chi connectivity index (χ1) is 10.1. The van der Waals surface area contributed by atoms with Crippen LogP contribution in [0.15, 0.2) is 36.0 Å². The lowest BCUT2D eigenvalue weighted by molar-refractivity contribution is 0.255. The molecule has 2 amide bonds. The number of allylic oxidation sites excluding steroid dienone is 1. The van der Waals surface area contributed by atoms with Crippen LogP contribution in [0.5, 0.6) is 0 Å². The predicted octanol–water partition coefficient (Wildman–Crippen LogP) is 3.97. The van der Waals surface area contributed by atoms with Crippen LogP contribution in [0.1, 0.15) is 33.6 Å². The average Bonchev–Trinajstić information content (AvgIpc) is 3.32. The number of carbonyl (C=O) groups is 1. The second-order valence-corrected chi connectivity index (χ2v) is 5.48. The molecule has 0 bridgehead atoms. The molecule has 1 saturated carbocycles. The highest BCUT2D eigenvalue weighted by Crippen LogP contribution is 2.35. The fourth-order valence-electron chi connectivity index (χ4n) is 2.35. The van der Waals surface area contributed by atoms with Gasteiger partial charge < -0.3 is 15.5 Å². The molecule has 1 aliphatic carbocycles. The molecule has 1 aliphatic rings. The van der Waals surface area contributed by atoms with Gasteiger partial charge in [-0.2, -0.15) is 0 Å². The summed E-state index contributed by atoms with van der Waals surface area (Å²) >= 11 is 0. The first-order valence-electron chi connectivity index (χ1n) is 7.73. The van der Waals surface area contributed by atoms with E-state index in [9.17, 15) is 4.79 Å². The number of urea groups is 1. The molecule has 4 heteroatoms. The number of nitrogens with zero attached hydrogens (tertiary/aromatic N) is 1. The van der Waals surface area contributed by atoms with Gasteiger partial charge in [-0.05, 0) is 63.8 Å². The van der Waals surface area contributed by atoms with E-state index in [-0.39, 0.29) is 6.03 Å². The van der Waals surface area contributed by atoms with E-state index in [2.05, 4.69) is 36.3 Å². The number of anilines is 2. The Morgan fingerprint density at radius 2 is 1.86 bits per heavy atom. The lowest BCUT2D eigenvalue weighted by Gasteiger charge is -2.21. The van der Waals surface area contributed by atoms with Crippen LogP contribution in [0.3, 0.4) is 0 Å². The van der Waals surface area contributed by atoms with Crippen molar-refractivity contribution in [1.82, 2.24) is 5.32 Å². The van der Waals surface area contributed by atoms with Crippen molar-refractivity contribution in [2.45, 2.75) is 33.6 Å². The molecule has 0 atom stereocenters. The summed E-state index contributed by atoms with van der Waals surface area (Å²) in [6, 6.07) is 7.75. The summed E-state index contributed by atoms with van der Waals surface area (Å²) in [4.78, 5) is 14.1. The zero-order valence-electron chi connectivity index (χ0n) is 13.1. The van der Waals surface area contributed by atoms with E-state index in [1.165, 1.54) is 24.1 Å². The van der Waals surface area contributed by atoms with Crippen LogP contribution in [0.25, 0.3) is 0 Å². The molecule has 0 radical (unpaired) electrons. The molecular weight excluding hydrogens is 262 g/mol. The summed E-state index contributed by atoms with van der Waals surface area (Å²) in [5.41, 5.74) is 3.23. The summed E-state index contributed by atoms with van der Waals surface area (Å²) in [5, 5.41) is 5.64. The van der Waals surface area contributed by atoms with Gasteiger partial charge in [0.1, 0.15) is 0 Å². The zero-order chi connectivity index (χ0) is 15.2. The van der Waals surface area contributed by atoms with Crippen LogP contribution in [-0.2, 0) is 0 Å². The minimum Gasteiger partial charge on any atom is -0.372 e. The molecule has 0 spiro atoms. The van der Waals surface area contributed by atoms with Gasteiger partial charge in [-0.25, -0.2) is 4.79 Å². The van der Waals surface area contributed by atoms with Gasteiger partial charge in [-0.3, -0.25) is 0 Å². The van der Waals surface area contributed by atoms with Crippen LogP contribution < -0.4 is 15.5 Å². The minimum atomic E-state index is -0.189. The first kappa shape index (κ1) is 15.4. The number of benzene rings is 1. The summed E-state index contributed by atoms with van der Waals surface area (Å²) in [6.07, 6.45) is 4.31. The van der Waals surface area contributed by atoms with Gasteiger partial charge in [0.05, 0.1) is 0 Å². The van der Waals surface area contributed by atoms with Crippen molar-refractivity contribution in [3.63, 3.8) is 0 Å². The molecule has 0 unspecified atom stereocenters. The van der Waals surface area contributed by atoms with Gasteiger partial charge in [-0.15, -0.1) is 0 Å². The summed E-state index contributed by atoms with van der Waals surface area (Å²) in [5.74, 6) is 0.679. The molecule has 1 fully saturated rings. The fourth-order valence-corrected chi connectivity index (χ4v) is 2.35. The Balaban J connectivity index is 1.87. The Hall–Kier alpha value is -1.97. The van der Waals surface area contributed by atoms with Crippen molar-refractivity contribution < 1.29 is 4.79 Å². The van der Waals surface area contributed by atoms with E-state index in [1.807, 2.05) is 30.5 Å². The summed E-state index contributed by atoms with van der Waals surface area (Å²) < 4.78 is 0. The molecule has 4 nitrogen and oxygen atoms in total. The molecule has 2 rings (SSSR count). The smallest absolute Gasteiger partial charge is 0.323 e. The number of rotatable bonds is 6. The molecule has 21 heavy (non-hydrogen) atoms. The highest BCUT2D eigenvalue weighted by atomic mass is 16.2. The molecule has 2 N–H and O–H groups in total. The van der Waals surface area contributed by atoms with E-state index in [0.29, 0.717) is 5.92 Å². The lowest BCUT2D eigenvalue weighted by atomic mass is 10.2. The number of hydrogen-bond acceptors (Lipinski definition) is 2. The van der Waals surface area contributed by atoms with Gasteiger partial charge in [-0.1, -0.05) is 5.57 Å². The van der Waals surface area contributed by atoms with Crippen LogP contribution in [-0.4, -0.2) is 19.1 Å². The Morgan fingerprint density at radius 1 is 1.24 bits per heavy atom. The number of amides is 2. The number of hydrogen-bond donors (Lipinski definition) is 2. The molecule has 1 aromatic rings. The first-order valence-corrected chi connectivity index (χ1v) is 7.73. The Bertz CT molecular complexity index is 499. The number of nitrogens with one attached hydrogen (secondary N) is 2. The third-order valence-electron chi connectivity index (χ3n) is 3.91. The van der Waals surface area contributed by atoms with Crippen LogP contribution in [0.2, 0.25) is 0 Å². The largest absolute Gasteiger partial charge is 0.372 e. The predicted molar refractivity (Wildman–Crippen MR) is 88.6 cm³/mol. The molecule has 0 aliphatic heterocycles. The average molecular weight is 287 g/mol. The molecular formula is C17H25N3O. The van der Waals surface area contributed by atoms with E-state index in [4.69, 9.17) is 0 Å². The van der Waals surface area contributed by atoms with Gasteiger partial charge in [0.2, 0.25) is 0 Å². The normalized spacial score (nSPS) is 14.7. The van der Waals surface area contributed by atoms with Crippen molar-refractivity contribution in [2.24, 2.45) is 5.92 Å². The molecule has 114 valence electrons. The maximum Gasteiger partial charge on any atom is 0.323 e. The van der Waals surface area contributed by atoms with Gasteiger partial charge in [0, 0.05) is 30.7 Å². The van der Waals surface area contributed by atoms with Crippen molar-refractivity contribution in [1.29, 1.82) is 0 Å². The monoisotopic (exact) mass is 287 g/mol. The van der Waals surface area contributed by atoms with Crippen LogP contribution in [0.4, 0.5) is 16.2 Å². The van der Waals surface area contributed by atoms with E-state index in [1.54, 1.807) is 0 Å². The standard InChI is InChI=1S/C17H25N3O/c1-4-20(5-2)16-10-8-15(9-11-16)19-17(21)18-12-13(3)14-6-7-14/h8-12,14H,4-7H2,1-3H3,(H2,18,19,21)/b13-12+. The van der Waals surface area contributed by atoms with Crippen molar-refractivity contribution in [3.8, 4) is 0 Å². The molecule has 0 aromatic heterocycles. The Morgan fingerprint density at radius 3 is 2.38 bits per heavy atom. The van der Waals surface area contributed by atoms with Gasteiger partial charge in [0.15, 0.2) is 0 Å². The van der Waals surface area contributed by atoms with Crippen LogP contribution >= 0.6 is 0 Å². The van der Waals surface area contributed by atoms with Crippen molar-refractivity contribution >= 4 is 17.4 Å². The van der Waals surface area contributed by atoms with Crippen molar-refractivity contribution in [3.05, 3.63) is 36.0 Å². The highest BCUT2D eigenvalue weighted by Gasteiger charge is 2.22. The third kappa shape index (κ3) is 4.52. The van der Waals surface area contributed by atoms with Gasteiger partial charge >= 0.3 is 6.03 Å². The van der Waals surface area contributed by atoms with Gasteiger partial charge in [0.25, 0.3) is 0 Å². The maximum absolute atomic E-state index is 11.8. The Kier molecular flexibility index (Phi) is 5.26. The quantitative estimate of drug-likeness (QED) is 0.831. The Labute approximate surface area is 127 Å². The summed E-state index contributed by atoms with van der Waals surface area (Å²) in [6.45, 7) is 8.30. The van der Waals surface area contributed by atoms with E-state index in [0.717, 1.165) is 18.8 Å². The second kappa shape index (κ2) is 7.16. The van der Waals surface area contributed by atoms with E-state index >= 15 is 0 Å². The third-order valence-corrected chi connectivity index (χ3v) is 3.91. The molecule has 1 aromatic carbocycles. The fraction of sp³-hybridized carbons (Fsp3) is 0.471. The summed E-state index contributed by atoms with van der Waals surface area (Å²) in [7, 11) is 0. The second-order valence-electron chi connectivity index (χ2n) is 5.48. The minimum absolute atomic E-state index is 0.189. The molecule has 0 heterocycles. The van der Waals surface area contributed by atoms with E-state index < -0.39 is 0 Å². The lowest BCUT2D eigenvalue weighted by Crippen LogP contribution is -2.24. The zero-order valence-corrected chi connectivity index (χ0v) is 13.1. The van der Waals surface area contributed by atoms with Crippen LogP contribution in [0, 0.1) is 5.92 Å². The SMILES string of the molecule is CCN(CC)c1ccc(NC(=O)N/C=C(\C)C2CC2)cc1. The van der Waals surface area contributed by atoms with Crippen molar-refractivity contribution in [2.75, 3.05) is 23.3 Å². The molecule has 0 saturated heterocycles. The topological polar surface area (TPSA) is 44.4 Å². The number of carbonyl (C=O) groups excluding carboxylic acids is 1. The maximum atomic E-state index is 11.8. The highest BCUT2D eigenvalue weighted by molar-refractivity contribution is 5.90.